The van der Waals surface area contributed by atoms with E-state index in [-0.39, 0.29) is 12.5 Å². The van der Waals surface area contributed by atoms with Crippen LogP contribution in [0.3, 0.4) is 0 Å². The Hall–Kier alpha value is -1.91. The van der Waals surface area contributed by atoms with Gasteiger partial charge in [-0.15, -0.1) is 0 Å². The zero-order valence-corrected chi connectivity index (χ0v) is 33.9. The van der Waals surface area contributed by atoms with E-state index in [1.807, 2.05) is 6.08 Å². The molecule has 0 spiro atoms. The molecule has 51 heavy (non-hydrogen) atoms. The topological polar surface area (TPSA) is 69.6 Å². The molecule has 0 fully saturated rings. The van der Waals surface area contributed by atoms with Crippen LogP contribution in [0.2, 0.25) is 0 Å². The zero-order valence-electron chi connectivity index (χ0n) is 33.9. The Balaban J connectivity index is 3.56. The summed E-state index contributed by atoms with van der Waals surface area (Å²) >= 11 is 0. The molecule has 296 valence electrons. The molecule has 0 aliphatic carbocycles. The largest absolute Gasteiger partial charge is 0.394 e. The lowest BCUT2D eigenvalue weighted by molar-refractivity contribution is -0.123. The monoisotopic (exact) mass is 712 g/mol. The van der Waals surface area contributed by atoms with Crippen molar-refractivity contribution in [3.8, 4) is 0 Å². The average molecular weight is 712 g/mol. The number of rotatable bonds is 39. The Labute approximate surface area is 317 Å². The first-order valence-electron chi connectivity index (χ1n) is 22.0. The highest BCUT2D eigenvalue weighted by atomic mass is 16.3. The summed E-state index contributed by atoms with van der Waals surface area (Å²) in [5, 5.41) is 22.9. The van der Waals surface area contributed by atoms with E-state index in [1.165, 1.54) is 148 Å². The van der Waals surface area contributed by atoms with Crippen LogP contribution in [0, 0.1) is 0 Å². The fourth-order valence-corrected chi connectivity index (χ4v) is 6.28. The number of carbonyl (C=O) groups is 1. The lowest BCUT2D eigenvalue weighted by Crippen LogP contribution is -2.45. The number of aliphatic hydroxyl groups is 2. The van der Waals surface area contributed by atoms with Crippen LogP contribution in [-0.2, 0) is 4.79 Å². The van der Waals surface area contributed by atoms with Gasteiger partial charge in [0.15, 0.2) is 0 Å². The van der Waals surface area contributed by atoms with Gasteiger partial charge in [-0.25, -0.2) is 0 Å². The molecule has 3 N–H and O–H groups in total. The van der Waals surface area contributed by atoms with Gasteiger partial charge in [-0.1, -0.05) is 197 Å². The van der Waals surface area contributed by atoms with Crippen molar-refractivity contribution in [3.63, 3.8) is 0 Å². The van der Waals surface area contributed by atoms with Crippen molar-refractivity contribution in [2.45, 2.75) is 225 Å². The second-order valence-electron chi connectivity index (χ2n) is 14.7. The smallest absolute Gasteiger partial charge is 0.220 e. The molecule has 2 atom stereocenters. The summed E-state index contributed by atoms with van der Waals surface area (Å²) in [5.41, 5.74) is 0. The average Bonchev–Trinajstić information content (AvgIpc) is 3.13. The SMILES string of the molecule is CCCC/C=C/CC/C=C/CC/C=C/C(O)C(CO)NC(=O)CCCCCCCCCCCCC/C=C\C/C=C\CCCCCCCCCCC. The maximum atomic E-state index is 12.4. The van der Waals surface area contributed by atoms with Gasteiger partial charge in [-0.2, -0.15) is 0 Å². The molecule has 4 nitrogen and oxygen atoms in total. The molecule has 0 aliphatic heterocycles. The van der Waals surface area contributed by atoms with Crippen LogP contribution in [0.25, 0.3) is 0 Å². The number of allylic oxidation sites excluding steroid dienone is 9. The molecule has 2 unspecified atom stereocenters. The molecule has 1 amide bonds. The molecule has 0 saturated carbocycles. The molecule has 0 aliphatic rings. The first kappa shape index (κ1) is 49.1. The highest BCUT2D eigenvalue weighted by molar-refractivity contribution is 5.76. The van der Waals surface area contributed by atoms with Crippen molar-refractivity contribution in [2.24, 2.45) is 0 Å². The normalized spacial score (nSPS) is 13.6. The van der Waals surface area contributed by atoms with Crippen molar-refractivity contribution in [1.29, 1.82) is 0 Å². The van der Waals surface area contributed by atoms with Crippen LogP contribution in [0.1, 0.15) is 213 Å². The van der Waals surface area contributed by atoms with E-state index in [9.17, 15) is 15.0 Å². The molecule has 0 rings (SSSR count). The third kappa shape index (κ3) is 39.1. The van der Waals surface area contributed by atoms with Gasteiger partial charge in [-0.05, 0) is 70.6 Å². The van der Waals surface area contributed by atoms with Crippen LogP contribution in [0.5, 0.6) is 0 Å². The summed E-state index contributed by atoms with van der Waals surface area (Å²) < 4.78 is 0. The minimum absolute atomic E-state index is 0.0832. The van der Waals surface area contributed by atoms with Crippen LogP contribution in [-0.4, -0.2) is 34.9 Å². The van der Waals surface area contributed by atoms with E-state index < -0.39 is 12.1 Å². The van der Waals surface area contributed by atoms with Crippen LogP contribution in [0.4, 0.5) is 0 Å². The van der Waals surface area contributed by atoms with Gasteiger partial charge in [0.1, 0.15) is 0 Å². The van der Waals surface area contributed by atoms with Crippen molar-refractivity contribution in [1.82, 2.24) is 5.32 Å². The molecule has 0 bridgehead atoms. The first-order chi connectivity index (χ1) is 25.2. The number of nitrogens with one attached hydrogen (secondary N) is 1. The quantitative estimate of drug-likeness (QED) is 0.0439. The van der Waals surface area contributed by atoms with Gasteiger partial charge < -0.3 is 15.5 Å². The van der Waals surface area contributed by atoms with Crippen molar-refractivity contribution in [2.75, 3.05) is 6.61 Å². The third-order valence-electron chi connectivity index (χ3n) is 9.70. The van der Waals surface area contributed by atoms with Gasteiger partial charge in [0, 0.05) is 6.42 Å². The Bertz CT molecular complexity index is 858. The summed E-state index contributed by atoms with van der Waals surface area (Å²) in [6.07, 6.45) is 59.1. The Kier molecular flexibility index (Phi) is 40.9. The minimum Gasteiger partial charge on any atom is -0.394 e. The minimum atomic E-state index is -0.871. The number of aliphatic hydroxyl groups excluding tert-OH is 2. The molecule has 0 radical (unpaired) electrons. The van der Waals surface area contributed by atoms with Crippen LogP contribution in [0.15, 0.2) is 60.8 Å². The Morgan fingerprint density at radius 1 is 0.471 bits per heavy atom. The molecular formula is C47H85NO3. The van der Waals surface area contributed by atoms with Crippen molar-refractivity contribution in [3.05, 3.63) is 60.8 Å². The van der Waals surface area contributed by atoms with Gasteiger partial charge in [0.05, 0.1) is 18.8 Å². The zero-order chi connectivity index (χ0) is 37.1. The van der Waals surface area contributed by atoms with Crippen LogP contribution < -0.4 is 5.32 Å². The number of unbranched alkanes of at least 4 members (excludes halogenated alkanes) is 24. The summed E-state index contributed by atoms with van der Waals surface area (Å²) in [4.78, 5) is 12.4. The number of amides is 1. The van der Waals surface area contributed by atoms with Crippen LogP contribution >= 0.6 is 0 Å². The molecule has 0 aromatic carbocycles. The van der Waals surface area contributed by atoms with Crippen molar-refractivity contribution < 1.29 is 15.0 Å². The fourth-order valence-electron chi connectivity index (χ4n) is 6.28. The van der Waals surface area contributed by atoms with Gasteiger partial charge in [-0.3, -0.25) is 4.79 Å². The van der Waals surface area contributed by atoms with Gasteiger partial charge in [0.2, 0.25) is 5.91 Å². The maximum Gasteiger partial charge on any atom is 0.220 e. The highest BCUT2D eigenvalue weighted by Gasteiger charge is 2.17. The molecular weight excluding hydrogens is 627 g/mol. The third-order valence-corrected chi connectivity index (χ3v) is 9.70. The van der Waals surface area contributed by atoms with E-state index >= 15 is 0 Å². The Morgan fingerprint density at radius 3 is 1.31 bits per heavy atom. The maximum absolute atomic E-state index is 12.4. The molecule has 4 heteroatoms. The van der Waals surface area contributed by atoms with Crippen molar-refractivity contribution >= 4 is 5.91 Å². The Morgan fingerprint density at radius 2 is 0.843 bits per heavy atom. The molecule has 0 saturated heterocycles. The molecule has 0 aromatic rings. The predicted octanol–water partition coefficient (Wildman–Crippen LogP) is 13.7. The van der Waals surface area contributed by atoms with E-state index in [2.05, 4.69) is 67.8 Å². The van der Waals surface area contributed by atoms with E-state index in [1.54, 1.807) is 6.08 Å². The van der Waals surface area contributed by atoms with E-state index in [4.69, 9.17) is 0 Å². The number of hydrogen-bond donors (Lipinski definition) is 3. The lowest BCUT2D eigenvalue weighted by atomic mass is 10.0. The predicted molar refractivity (Wildman–Crippen MR) is 225 cm³/mol. The second-order valence-corrected chi connectivity index (χ2v) is 14.7. The first-order valence-corrected chi connectivity index (χ1v) is 22.0. The summed E-state index contributed by atoms with van der Waals surface area (Å²) in [6.45, 7) is 4.24. The van der Waals surface area contributed by atoms with Gasteiger partial charge in [0.25, 0.3) is 0 Å². The standard InChI is InChI=1S/C47H85NO3/c1-3-5-7-9-11-13-15-17-18-19-20-21-22-23-24-25-26-27-28-29-30-31-33-35-37-39-41-43-47(51)48-45(44-49)46(50)42-40-38-36-34-32-16-14-12-10-8-6-4-2/h10,12,20-21,23-24,32,34,40,42,45-46,49-50H,3-9,11,13-19,22,25-31,33,35-39,41,43-44H2,1-2H3,(H,48,51)/b12-10+,21-20-,24-23-,34-32+,42-40+. The number of carbonyl (C=O) groups excluding carboxylic acids is 1. The summed E-state index contributed by atoms with van der Waals surface area (Å²) in [7, 11) is 0. The molecule has 0 heterocycles. The molecule has 0 aromatic heterocycles. The fraction of sp³-hybridized carbons (Fsp3) is 0.766. The second kappa shape index (κ2) is 42.5. The lowest BCUT2D eigenvalue weighted by Gasteiger charge is -2.19. The number of hydrogen-bond acceptors (Lipinski definition) is 3. The summed E-state index contributed by atoms with van der Waals surface area (Å²) in [6, 6.07) is -0.647. The van der Waals surface area contributed by atoms with E-state index in [0.29, 0.717) is 6.42 Å². The summed E-state index contributed by atoms with van der Waals surface area (Å²) in [5.74, 6) is -0.0832. The van der Waals surface area contributed by atoms with Gasteiger partial charge >= 0.3 is 0 Å². The van der Waals surface area contributed by atoms with E-state index in [0.717, 1.165) is 44.9 Å². The highest BCUT2D eigenvalue weighted by Crippen LogP contribution is 2.14.